The molecule has 0 atom stereocenters. The molecule has 0 saturated carbocycles. The van der Waals surface area contributed by atoms with E-state index in [1.54, 1.807) is 25.1 Å². The molecule has 0 spiro atoms. The zero-order valence-electron chi connectivity index (χ0n) is 14.7. The summed E-state index contributed by atoms with van der Waals surface area (Å²) in [6, 6.07) is 5.02. The van der Waals surface area contributed by atoms with Crippen LogP contribution in [0.1, 0.15) is 26.2 Å². The molecule has 0 aliphatic heterocycles. The maximum atomic E-state index is 11.5. The molecule has 1 rings (SSSR count). The Morgan fingerprint density at radius 3 is 2.52 bits per heavy atom. The number of rotatable bonds is 11. The van der Waals surface area contributed by atoms with E-state index in [2.05, 4.69) is 0 Å². The first-order valence-electron chi connectivity index (χ1n) is 8.11. The maximum absolute atomic E-state index is 11.5. The molecule has 0 amide bonds. The van der Waals surface area contributed by atoms with Crippen molar-refractivity contribution in [2.24, 2.45) is 0 Å². The van der Waals surface area contributed by atoms with Crippen LogP contribution in [-0.2, 0) is 23.8 Å². The number of carbonyl (C=O) groups is 3. The first-order chi connectivity index (χ1) is 12.9. The Balaban J connectivity index is 2.07. The second-order valence-corrected chi connectivity index (χ2v) is 6.75. The first kappa shape index (κ1) is 23.4. The van der Waals surface area contributed by atoms with E-state index in [9.17, 15) is 14.4 Å². The van der Waals surface area contributed by atoms with Gasteiger partial charge in [-0.05, 0) is 37.2 Å². The number of carbonyl (C=O) groups excluding carboxylic acids is 3. The minimum absolute atomic E-state index is 0.0890. The minimum atomic E-state index is -0.633. The third-order valence-electron chi connectivity index (χ3n) is 2.93. The molecular weight excluding hydrogens is 419 g/mol. The van der Waals surface area contributed by atoms with E-state index in [0.29, 0.717) is 28.8 Å². The Morgan fingerprint density at radius 1 is 1.04 bits per heavy atom. The third-order valence-corrected chi connectivity index (χ3v) is 4.49. The molecule has 7 nitrogen and oxygen atoms in total. The summed E-state index contributed by atoms with van der Waals surface area (Å²) >= 11 is 12.7. The van der Waals surface area contributed by atoms with Gasteiger partial charge in [0.1, 0.15) is 10.8 Å². The summed E-state index contributed by atoms with van der Waals surface area (Å²) in [5, 5.41) is 0.0654. The molecule has 0 saturated heterocycles. The normalized spacial score (nSPS) is 10.2. The first-order valence-corrected chi connectivity index (χ1v) is 9.85. The monoisotopic (exact) mass is 438 g/mol. The van der Waals surface area contributed by atoms with Crippen molar-refractivity contribution in [1.82, 2.24) is 0 Å². The van der Waals surface area contributed by atoms with Gasteiger partial charge in [-0.1, -0.05) is 29.3 Å². The van der Waals surface area contributed by atoms with Crippen LogP contribution >= 0.6 is 35.0 Å². The molecule has 0 bridgehead atoms. The summed E-state index contributed by atoms with van der Waals surface area (Å²) in [6.07, 6.45) is 0.583. The Hall–Kier alpha value is -1.64. The molecule has 0 N–H and O–H groups in total. The van der Waals surface area contributed by atoms with Crippen molar-refractivity contribution < 1.29 is 33.3 Å². The van der Waals surface area contributed by atoms with E-state index in [0.717, 1.165) is 11.8 Å². The largest absolute Gasteiger partial charge is 0.492 e. The highest BCUT2D eigenvalue weighted by atomic mass is 35.5. The number of esters is 2. The number of halogens is 2. The summed E-state index contributed by atoms with van der Waals surface area (Å²) in [6.45, 7) is 1.76. The van der Waals surface area contributed by atoms with Crippen molar-refractivity contribution in [2.45, 2.75) is 26.2 Å². The van der Waals surface area contributed by atoms with Gasteiger partial charge in [-0.3, -0.25) is 9.59 Å². The van der Waals surface area contributed by atoms with Gasteiger partial charge in [0.25, 0.3) is 0 Å². The van der Waals surface area contributed by atoms with E-state index in [1.165, 1.54) is 0 Å². The standard InChI is InChI=1S/C17H20Cl2O7S/c1-2-23-15(21)8-10-27-17(22)26-11-25-14(20)7-4-9-24-13-6-3-5-12(18)16(13)19/h3,5-6H,2,4,7-11H2,1H3. The van der Waals surface area contributed by atoms with Crippen LogP contribution in [0.15, 0.2) is 18.2 Å². The average molecular weight is 439 g/mol. The Kier molecular flexibility index (Phi) is 11.7. The Morgan fingerprint density at radius 2 is 1.78 bits per heavy atom. The quantitative estimate of drug-likeness (QED) is 0.283. The molecule has 0 aromatic heterocycles. The van der Waals surface area contributed by atoms with Crippen molar-refractivity contribution in [3.05, 3.63) is 28.2 Å². The predicted molar refractivity (Wildman–Crippen MR) is 102 cm³/mol. The fourth-order valence-corrected chi connectivity index (χ4v) is 2.62. The molecule has 1 aromatic rings. The zero-order chi connectivity index (χ0) is 20.1. The second-order valence-electron chi connectivity index (χ2n) is 4.94. The highest BCUT2D eigenvalue weighted by Gasteiger charge is 2.10. The zero-order valence-corrected chi connectivity index (χ0v) is 17.0. The van der Waals surface area contributed by atoms with E-state index in [4.69, 9.17) is 42.1 Å². The van der Waals surface area contributed by atoms with E-state index in [-0.39, 0.29) is 31.2 Å². The topological polar surface area (TPSA) is 88.1 Å². The SMILES string of the molecule is CCOC(=O)CCSC(=O)OCOC(=O)CCCOc1cccc(Cl)c1Cl. The minimum Gasteiger partial charge on any atom is -0.492 e. The number of thioether (sulfide) groups is 1. The van der Waals surface area contributed by atoms with Gasteiger partial charge in [0.05, 0.1) is 24.7 Å². The van der Waals surface area contributed by atoms with E-state index >= 15 is 0 Å². The van der Waals surface area contributed by atoms with Gasteiger partial charge in [-0.2, -0.15) is 0 Å². The van der Waals surface area contributed by atoms with Crippen molar-refractivity contribution in [1.29, 1.82) is 0 Å². The van der Waals surface area contributed by atoms with Gasteiger partial charge in [0.2, 0.25) is 6.79 Å². The van der Waals surface area contributed by atoms with Crippen LogP contribution in [0.5, 0.6) is 5.75 Å². The number of hydrogen-bond donors (Lipinski definition) is 0. The molecular formula is C17H20Cl2O7S. The van der Waals surface area contributed by atoms with Crippen molar-refractivity contribution in [2.75, 3.05) is 25.8 Å². The van der Waals surface area contributed by atoms with Crippen LogP contribution in [0, 0.1) is 0 Å². The van der Waals surface area contributed by atoms with Crippen LogP contribution in [0.3, 0.4) is 0 Å². The van der Waals surface area contributed by atoms with Crippen LogP contribution in [0.25, 0.3) is 0 Å². The van der Waals surface area contributed by atoms with Gasteiger partial charge in [-0.25, -0.2) is 4.79 Å². The lowest BCUT2D eigenvalue weighted by Gasteiger charge is -2.09. The fourth-order valence-electron chi connectivity index (χ4n) is 1.70. The molecule has 0 aliphatic carbocycles. The fraction of sp³-hybridized carbons (Fsp3) is 0.471. The Labute approximate surface area is 171 Å². The molecule has 0 unspecified atom stereocenters. The average Bonchev–Trinajstić information content (AvgIpc) is 2.62. The smallest absolute Gasteiger partial charge is 0.370 e. The molecule has 27 heavy (non-hydrogen) atoms. The second kappa shape index (κ2) is 13.5. The van der Waals surface area contributed by atoms with Gasteiger partial charge in [0, 0.05) is 12.2 Å². The van der Waals surface area contributed by atoms with E-state index < -0.39 is 18.1 Å². The van der Waals surface area contributed by atoms with Crippen LogP contribution in [0.2, 0.25) is 10.0 Å². The molecule has 1 aromatic carbocycles. The number of hydrogen-bond acceptors (Lipinski definition) is 8. The van der Waals surface area contributed by atoms with Crippen molar-refractivity contribution in [3.63, 3.8) is 0 Å². The highest BCUT2D eigenvalue weighted by Crippen LogP contribution is 2.31. The summed E-state index contributed by atoms with van der Waals surface area (Å²) in [5.41, 5.74) is 0. The summed E-state index contributed by atoms with van der Waals surface area (Å²) < 4.78 is 19.7. The maximum Gasteiger partial charge on any atom is 0.370 e. The number of ether oxygens (including phenoxy) is 4. The summed E-state index contributed by atoms with van der Waals surface area (Å²) in [7, 11) is 0. The molecule has 0 fully saturated rings. The lowest BCUT2D eigenvalue weighted by Crippen LogP contribution is -2.12. The van der Waals surface area contributed by atoms with Crippen molar-refractivity contribution in [3.8, 4) is 5.75 Å². The summed E-state index contributed by atoms with van der Waals surface area (Å²) in [5.74, 6) is -0.244. The van der Waals surface area contributed by atoms with Crippen LogP contribution < -0.4 is 4.74 Å². The Bertz CT molecular complexity index is 640. The highest BCUT2D eigenvalue weighted by molar-refractivity contribution is 8.13. The number of benzene rings is 1. The van der Waals surface area contributed by atoms with Gasteiger partial charge in [-0.15, -0.1) is 0 Å². The van der Waals surface area contributed by atoms with Crippen LogP contribution in [-0.4, -0.2) is 43.0 Å². The van der Waals surface area contributed by atoms with Crippen molar-refractivity contribution >= 4 is 52.2 Å². The molecule has 10 heteroatoms. The third kappa shape index (κ3) is 10.3. The van der Waals surface area contributed by atoms with Crippen LogP contribution in [0.4, 0.5) is 4.79 Å². The molecule has 0 radical (unpaired) electrons. The van der Waals surface area contributed by atoms with Gasteiger partial charge < -0.3 is 18.9 Å². The molecule has 0 aliphatic rings. The summed E-state index contributed by atoms with van der Waals surface area (Å²) in [4.78, 5) is 34.0. The lowest BCUT2D eigenvalue weighted by atomic mass is 10.3. The predicted octanol–water partition coefficient (Wildman–Crippen LogP) is 4.48. The molecule has 150 valence electrons. The molecule has 0 heterocycles. The van der Waals surface area contributed by atoms with Gasteiger partial charge >= 0.3 is 17.2 Å². The van der Waals surface area contributed by atoms with E-state index in [1.807, 2.05) is 0 Å². The van der Waals surface area contributed by atoms with Gasteiger partial charge in [0.15, 0.2) is 0 Å². The lowest BCUT2D eigenvalue weighted by molar-refractivity contribution is -0.151.